The Labute approximate surface area is 184 Å². The molecule has 0 aliphatic heterocycles. The summed E-state index contributed by atoms with van der Waals surface area (Å²) < 4.78 is 71.1. The smallest absolute Gasteiger partial charge is 0.418 e. The first-order valence-electron chi connectivity index (χ1n) is 8.86. The summed E-state index contributed by atoms with van der Waals surface area (Å²) in [7, 11) is -3.94. The van der Waals surface area contributed by atoms with Crippen molar-refractivity contribution >= 4 is 44.6 Å². The molecule has 0 atom stereocenters. The number of hydrogen-bond donors (Lipinski definition) is 2. The van der Waals surface area contributed by atoms with E-state index in [0.717, 1.165) is 23.5 Å². The highest BCUT2D eigenvalue weighted by Crippen LogP contribution is 2.34. The van der Waals surface area contributed by atoms with E-state index >= 15 is 0 Å². The monoisotopic (exact) mass is 484 g/mol. The predicted octanol–water partition coefficient (Wildman–Crippen LogP) is 4.36. The van der Waals surface area contributed by atoms with Crippen molar-refractivity contribution in [3.63, 3.8) is 0 Å². The van der Waals surface area contributed by atoms with Crippen molar-refractivity contribution < 1.29 is 35.9 Å². The Balaban J connectivity index is 1.68. The Hall–Kier alpha value is -3.38. The first kappa shape index (κ1) is 23.3. The minimum Gasteiger partial charge on any atom is -0.452 e. The van der Waals surface area contributed by atoms with Crippen molar-refractivity contribution in [1.29, 1.82) is 0 Å². The van der Waals surface area contributed by atoms with Gasteiger partial charge in [-0.3, -0.25) is 9.52 Å². The lowest BCUT2D eigenvalue weighted by Gasteiger charge is -2.14. The fourth-order valence-corrected chi connectivity index (χ4v) is 4.67. The van der Waals surface area contributed by atoms with E-state index in [-0.39, 0.29) is 15.5 Å². The van der Waals surface area contributed by atoms with Gasteiger partial charge in [0.25, 0.3) is 15.9 Å². The number of esters is 1. The lowest BCUT2D eigenvalue weighted by Crippen LogP contribution is -2.23. The third-order valence-electron chi connectivity index (χ3n) is 3.99. The van der Waals surface area contributed by atoms with Crippen LogP contribution in [0.4, 0.5) is 24.5 Å². The SMILES string of the molecule is O=C(COC(=O)c1ccccc1NS(=O)(=O)c1cccs1)Nc1ccccc1C(F)(F)F. The lowest BCUT2D eigenvalue weighted by atomic mass is 10.1. The fraction of sp³-hybridized carbons (Fsp3) is 0.100. The van der Waals surface area contributed by atoms with Gasteiger partial charge in [0, 0.05) is 0 Å². The number of anilines is 2. The predicted molar refractivity (Wildman–Crippen MR) is 112 cm³/mol. The first-order chi connectivity index (χ1) is 15.1. The number of carbonyl (C=O) groups is 2. The molecule has 2 aromatic carbocycles. The molecular formula is C20H15F3N2O5S2. The second kappa shape index (κ2) is 9.40. The number of amides is 1. The number of sulfonamides is 1. The Morgan fingerprint density at radius 2 is 1.59 bits per heavy atom. The van der Waals surface area contributed by atoms with Gasteiger partial charge in [-0.1, -0.05) is 30.3 Å². The standard InChI is InChI=1S/C20H15F3N2O5S2/c21-20(22,23)14-7-2-4-9-16(14)24-17(26)12-30-19(27)13-6-1-3-8-15(13)25-32(28,29)18-10-5-11-31-18/h1-11,25H,12H2,(H,24,26). The second-order valence-corrected chi connectivity index (χ2v) is 9.11. The minimum absolute atomic E-state index is 0.0309. The summed E-state index contributed by atoms with van der Waals surface area (Å²) in [6.45, 7) is -0.878. The molecule has 1 amide bonds. The lowest BCUT2D eigenvalue weighted by molar-refractivity contribution is -0.137. The van der Waals surface area contributed by atoms with E-state index in [9.17, 15) is 31.2 Å². The maximum Gasteiger partial charge on any atom is 0.418 e. The zero-order chi connectivity index (χ0) is 23.4. The molecule has 0 fully saturated rings. The maximum atomic E-state index is 13.0. The number of halogens is 3. The fourth-order valence-electron chi connectivity index (χ4n) is 2.60. The van der Waals surface area contributed by atoms with Crippen LogP contribution in [0.15, 0.2) is 70.3 Å². The highest BCUT2D eigenvalue weighted by atomic mass is 32.2. The van der Waals surface area contributed by atoms with Gasteiger partial charge < -0.3 is 10.1 Å². The number of alkyl halides is 3. The van der Waals surface area contributed by atoms with E-state index in [4.69, 9.17) is 4.74 Å². The van der Waals surface area contributed by atoms with Crippen molar-refractivity contribution in [2.45, 2.75) is 10.4 Å². The van der Waals surface area contributed by atoms with Crippen molar-refractivity contribution in [3.05, 3.63) is 77.2 Å². The van der Waals surface area contributed by atoms with E-state index in [1.54, 1.807) is 11.4 Å². The Kier molecular flexibility index (Phi) is 6.84. The highest BCUT2D eigenvalue weighted by Gasteiger charge is 2.33. The van der Waals surface area contributed by atoms with Gasteiger partial charge in [0.15, 0.2) is 6.61 Å². The van der Waals surface area contributed by atoms with Crippen molar-refractivity contribution in [2.24, 2.45) is 0 Å². The molecule has 3 rings (SSSR count). The van der Waals surface area contributed by atoms with Crippen LogP contribution in [0.2, 0.25) is 0 Å². The summed E-state index contributed by atoms with van der Waals surface area (Å²) in [5.41, 5.74) is -1.77. The van der Waals surface area contributed by atoms with Gasteiger partial charge in [0.1, 0.15) is 4.21 Å². The van der Waals surface area contributed by atoms with Crippen LogP contribution in [0, 0.1) is 0 Å². The van der Waals surface area contributed by atoms with Crippen LogP contribution in [0.25, 0.3) is 0 Å². The van der Waals surface area contributed by atoms with Crippen LogP contribution in [0.5, 0.6) is 0 Å². The molecule has 168 valence electrons. The minimum atomic E-state index is -4.68. The van der Waals surface area contributed by atoms with Crippen LogP contribution >= 0.6 is 11.3 Å². The molecule has 12 heteroatoms. The molecule has 0 saturated heterocycles. The van der Waals surface area contributed by atoms with Crippen LogP contribution in [-0.2, 0) is 25.7 Å². The topological polar surface area (TPSA) is 102 Å². The summed E-state index contributed by atoms with van der Waals surface area (Å²) in [4.78, 5) is 24.4. The quantitative estimate of drug-likeness (QED) is 0.485. The summed E-state index contributed by atoms with van der Waals surface area (Å²) in [6, 6.07) is 12.9. The number of ether oxygens (including phenoxy) is 1. The maximum absolute atomic E-state index is 13.0. The molecule has 0 aliphatic rings. The normalized spacial score (nSPS) is 11.6. The van der Waals surface area contributed by atoms with Gasteiger partial charge in [0.05, 0.1) is 22.5 Å². The van der Waals surface area contributed by atoms with Gasteiger partial charge in [-0.05, 0) is 35.7 Å². The zero-order valence-corrected chi connectivity index (χ0v) is 17.7. The number of thiophene rings is 1. The second-order valence-electron chi connectivity index (χ2n) is 6.25. The third-order valence-corrected chi connectivity index (χ3v) is 6.76. The van der Waals surface area contributed by atoms with E-state index in [0.29, 0.717) is 0 Å². The summed E-state index contributed by atoms with van der Waals surface area (Å²) in [6.07, 6.45) is -4.68. The van der Waals surface area contributed by atoms with Crippen LogP contribution in [0.1, 0.15) is 15.9 Å². The zero-order valence-electron chi connectivity index (χ0n) is 16.0. The average molecular weight is 484 g/mol. The molecule has 0 aliphatic carbocycles. The van der Waals surface area contributed by atoms with Gasteiger partial charge in [-0.2, -0.15) is 13.2 Å². The van der Waals surface area contributed by atoms with E-state index in [2.05, 4.69) is 4.72 Å². The molecule has 0 spiro atoms. The van der Waals surface area contributed by atoms with Gasteiger partial charge in [0.2, 0.25) is 0 Å². The molecule has 0 bridgehead atoms. The van der Waals surface area contributed by atoms with Crippen LogP contribution < -0.4 is 10.0 Å². The average Bonchev–Trinajstić information content (AvgIpc) is 3.28. The molecule has 7 nitrogen and oxygen atoms in total. The number of benzene rings is 2. The molecule has 1 aromatic heterocycles. The van der Waals surface area contributed by atoms with Crippen LogP contribution in [0.3, 0.4) is 0 Å². The van der Waals surface area contributed by atoms with E-state index in [1.807, 2.05) is 5.32 Å². The van der Waals surface area contributed by atoms with Gasteiger partial charge >= 0.3 is 12.1 Å². The highest BCUT2D eigenvalue weighted by molar-refractivity contribution is 7.94. The van der Waals surface area contributed by atoms with E-state index < -0.39 is 45.9 Å². The van der Waals surface area contributed by atoms with Crippen molar-refractivity contribution in [2.75, 3.05) is 16.6 Å². The van der Waals surface area contributed by atoms with Gasteiger partial charge in [-0.15, -0.1) is 11.3 Å². The largest absolute Gasteiger partial charge is 0.452 e. The first-order valence-corrected chi connectivity index (χ1v) is 11.2. The van der Waals surface area contributed by atoms with Crippen molar-refractivity contribution in [1.82, 2.24) is 0 Å². The van der Waals surface area contributed by atoms with Gasteiger partial charge in [-0.25, -0.2) is 13.2 Å². The molecule has 0 radical (unpaired) electrons. The van der Waals surface area contributed by atoms with E-state index in [1.165, 1.54) is 42.5 Å². The Bertz CT molecular complexity index is 1230. The summed E-state index contributed by atoms with van der Waals surface area (Å²) in [5.74, 6) is -2.03. The molecule has 0 saturated carbocycles. The molecule has 3 aromatic rings. The third kappa shape index (κ3) is 5.65. The van der Waals surface area contributed by atoms with Crippen molar-refractivity contribution in [3.8, 4) is 0 Å². The number of para-hydroxylation sites is 2. The van der Waals surface area contributed by atoms with Crippen LogP contribution in [-0.4, -0.2) is 26.9 Å². The molecular weight excluding hydrogens is 469 g/mol. The molecule has 2 N–H and O–H groups in total. The molecule has 32 heavy (non-hydrogen) atoms. The molecule has 0 unspecified atom stereocenters. The summed E-state index contributed by atoms with van der Waals surface area (Å²) >= 11 is 0.982. The number of hydrogen-bond acceptors (Lipinski definition) is 6. The Morgan fingerprint density at radius 1 is 0.938 bits per heavy atom. The Morgan fingerprint density at radius 3 is 2.25 bits per heavy atom. The molecule has 1 heterocycles. The number of carbonyl (C=O) groups excluding carboxylic acids is 2. The number of nitrogens with one attached hydrogen (secondary N) is 2. The number of rotatable bonds is 7. The summed E-state index contributed by atoms with van der Waals surface area (Å²) in [5, 5.41) is 3.62.